The van der Waals surface area contributed by atoms with Crippen molar-refractivity contribution < 1.29 is 0 Å². The number of rotatable bonds is 0. The minimum Gasteiger partial charge on any atom is -0.265 e. The highest BCUT2D eigenvalue weighted by molar-refractivity contribution is 5.79. The minimum atomic E-state index is 0.228. The van der Waals surface area contributed by atoms with Gasteiger partial charge in [-0.3, -0.25) is 5.41 Å². The van der Waals surface area contributed by atoms with Crippen molar-refractivity contribution in [2.75, 3.05) is 0 Å². The van der Waals surface area contributed by atoms with Gasteiger partial charge in [-0.15, -0.1) is 0 Å². The molecular formula is C9H11N5. The predicted octanol–water partition coefficient (Wildman–Crippen LogP) is 1.03. The number of aryl methyl sites for hydroxylation is 2. The molecule has 0 aromatic carbocycles. The van der Waals surface area contributed by atoms with Crippen LogP contribution in [0.5, 0.6) is 0 Å². The monoisotopic (exact) mass is 189 g/mol. The van der Waals surface area contributed by atoms with E-state index in [-0.39, 0.29) is 5.96 Å². The van der Waals surface area contributed by atoms with Crippen LogP contribution in [0, 0.1) is 19.3 Å². The quantitative estimate of drug-likeness (QED) is 0.497. The van der Waals surface area contributed by atoms with Gasteiger partial charge in [0.15, 0.2) is 0 Å². The molecule has 0 atom stereocenters. The maximum absolute atomic E-state index is 7.80. The number of aromatic nitrogens is 4. The second-order valence-electron chi connectivity index (χ2n) is 3.25. The molecule has 0 saturated carbocycles. The van der Waals surface area contributed by atoms with Gasteiger partial charge in [-0.25, -0.2) is 9.36 Å². The lowest BCUT2D eigenvalue weighted by Crippen LogP contribution is -2.21. The van der Waals surface area contributed by atoms with Crippen molar-refractivity contribution in [2.45, 2.75) is 13.8 Å². The Morgan fingerprint density at radius 3 is 1.79 bits per heavy atom. The van der Waals surface area contributed by atoms with Crippen LogP contribution in [0.25, 0.3) is 0 Å². The molecule has 14 heavy (non-hydrogen) atoms. The lowest BCUT2D eigenvalue weighted by Gasteiger charge is -2.01. The lowest BCUT2D eigenvalue weighted by molar-refractivity contribution is 0.806. The molecular weight excluding hydrogens is 178 g/mol. The van der Waals surface area contributed by atoms with Gasteiger partial charge in [-0.2, -0.15) is 10.2 Å². The van der Waals surface area contributed by atoms with Gasteiger partial charge in [0.05, 0.1) is 12.4 Å². The molecule has 2 aromatic heterocycles. The molecule has 0 bridgehead atoms. The fourth-order valence-corrected chi connectivity index (χ4v) is 1.16. The average Bonchev–Trinajstić information content (AvgIpc) is 2.73. The van der Waals surface area contributed by atoms with E-state index in [0.29, 0.717) is 0 Å². The molecule has 0 spiro atoms. The number of nitrogens with one attached hydrogen (secondary N) is 1. The van der Waals surface area contributed by atoms with Gasteiger partial charge in [0, 0.05) is 12.4 Å². The largest absolute Gasteiger partial charge is 0.265 e. The zero-order valence-electron chi connectivity index (χ0n) is 8.10. The molecule has 2 heterocycles. The van der Waals surface area contributed by atoms with Crippen LogP contribution in [0.15, 0.2) is 24.8 Å². The molecule has 0 aliphatic rings. The van der Waals surface area contributed by atoms with E-state index in [4.69, 9.17) is 5.41 Å². The zero-order valence-corrected chi connectivity index (χ0v) is 8.10. The van der Waals surface area contributed by atoms with Crippen molar-refractivity contribution in [1.82, 2.24) is 19.6 Å². The van der Waals surface area contributed by atoms with E-state index in [0.717, 1.165) is 11.1 Å². The molecule has 72 valence electrons. The van der Waals surface area contributed by atoms with Crippen LogP contribution >= 0.6 is 0 Å². The molecule has 0 radical (unpaired) electrons. The van der Waals surface area contributed by atoms with Crippen LogP contribution in [0.2, 0.25) is 0 Å². The third kappa shape index (κ3) is 1.44. The summed E-state index contributed by atoms with van der Waals surface area (Å²) in [6, 6.07) is 0. The first-order valence-corrected chi connectivity index (χ1v) is 4.28. The highest BCUT2D eigenvalue weighted by Gasteiger charge is 2.04. The molecule has 5 nitrogen and oxygen atoms in total. The first-order chi connectivity index (χ1) is 6.66. The summed E-state index contributed by atoms with van der Waals surface area (Å²) in [4.78, 5) is 0. The van der Waals surface area contributed by atoms with Gasteiger partial charge in [-0.1, -0.05) is 0 Å². The fraction of sp³-hybridized carbons (Fsp3) is 0.222. The van der Waals surface area contributed by atoms with E-state index in [2.05, 4.69) is 10.2 Å². The Bertz CT molecular complexity index is 423. The molecule has 0 amide bonds. The Balaban J connectivity index is 2.33. The van der Waals surface area contributed by atoms with Crippen LogP contribution in [0.4, 0.5) is 0 Å². The van der Waals surface area contributed by atoms with Crippen molar-refractivity contribution in [1.29, 1.82) is 5.41 Å². The third-order valence-electron chi connectivity index (χ3n) is 1.86. The lowest BCUT2D eigenvalue weighted by atomic mass is 10.4. The van der Waals surface area contributed by atoms with E-state index in [1.54, 1.807) is 24.8 Å². The van der Waals surface area contributed by atoms with Crippen LogP contribution in [-0.4, -0.2) is 25.5 Å². The summed E-state index contributed by atoms with van der Waals surface area (Å²) < 4.78 is 2.98. The van der Waals surface area contributed by atoms with E-state index >= 15 is 0 Å². The Labute approximate surface area is 81.5 Å². The molecule has 2 aromatic rings. The van der Waals surface area contributed by atoms with Gasteiger partial charge < -0.3 is 0 Å². The van der Waals surface area contributed by atoms with E-state index in [1.165, 1.54) is 9.36 Å². The first-order valence-electron chi connectivity index (χ1n) is 4.28. The minimum absolute atomic E-state index is 0.228. The summed E-state index contributed by atoms with van der Waals surface area (Å²) in [5.74, 6) is 0.228. The fourth-order valence-electron chi connectivity index (χ4n) is 1.16. The molecule has 0 fully saturated rings. The van der Waals surface area contributed by atoms with Crippen LogP contribution in [0.1, 0.15) is 11.1 Å². The Morgan fingerprint density at radius 2 is 1.50 bits per heavy atom. The standard InChI is InChI=1S/C9H11N5/c1-7-3-11-13(5-7)9(10)14-6-8(2)4-12-14/h3-6,10H,1-2H3. The number of hydrogen-bond donors (Lipinski definition) is 1. The van der Waals surface area contributed by atoms with E-state index < -0.39 is 0 Å². The topological polar surface area (TPSA) is 59.5 Å². The van der Waals surface area contributed by atoms with Crippen molar-refractivity contribution in [3.05, 3.63) is 35.9 Å². The second kappa shape index (κ2) is 3.10. The van der Waals surface area contributed by atoms with Gasteiger partial charge in [0.25, 0.3) is 0 Å². The molecule has 0 unspecified atom stereocenters. The normalized spacial score (nSPS) is 10.4. The first kappa shape index (κ1) is 8.68. The SMILES string of the molecule is Cc1cnn(C(=N)n2cc(C)cn2)c1. The predicted molar refractivity (Wildman–Crippen MR) is 52.5 cm³/mol. The summed E-state index contributed by atoms with van der Waals surface area (Å²) in [5.41, 5.74) is 2.05. The zero-order chi connectivity index (χ0) is 10.1. The summed E-state index contributed by atoms with van der Waals surface area (Å²) in [7, 11) is 0. The van der Waals surface area contributed by atoms with E-state index in [9.17, 15) is 0 Å². The summed E-state index contributed by atoms with van der Waals surface area (Å²) in [6.07, 6.45) is 7.01. The van der Waals surface area contributed by atoms with E-state index in [1.807, 2.05) is 13.8 Å². The molecule has 1 N–H and O–H groups in total. The smallest absolute Gasteiger partial charge is 0.244 e. The third-order valence-corrected chi connectivity index (χ3v) is 1.86. The van der Waals surface area contributed by atoms with Crippen molar-refractivity contribution in [2.24, 2.45) is 0 Å². The molecule has 0 saturated heterocycles. The Kier molecular flexibility index (Phi) is 1.92. The van der Waals surface area contributed by atoms with Crippen molar-refractivity contribution in [3.8, 4) is 0 Å². The average molecular weight is 189 g/mol. The molecule has 5 heteroatoms. The summed E-state index contributed by atoms with van der Waals surface area (Å²) >= 11 is 0. The Hall–Kier alpha value is -1.91. The summed E-state index contributed by atoms with van der Waals surface area (Å²) in [5, 5.41) is 15.9. The van der Waals surface area contributed by atoms with Gasteiger partial charge >= 0.3 is 0 Å². The highest BCUT2D eigenvalue weighted by atomic mass is 15.4. The van der Waals surface area contributed by atoms with Crippen LogP contribution in [-0.2, 0) is 0 Å². The summed E-state index contributed by atoms with van der Waals surface area (Å²) in [6.45, 7) is 3.87. The second-order valence-corrected chi connectivity index (χ2v) is 3.25. The maximum atomic E-state index is 7.80. The van der Waals surface area contributed by atoms with Gasteiger partial charge in [0.1, 0.15) is 0 Å². The molecule has 0 aliphatic heterocycles. The molecule has 2 rings (SSSR count). The van der Waals surface area contributed by atoms with Crippen molar-refractivity contribution in [3.63, 3.8) is 0 Å². The van der Waals surface area contributed by atoms with Crippen molar-refractivity contribution >= 4 is 5.96 Å². The molecule has 0 aliphatic carbocycles. The van der Waals surface area contributed by atoms with Gasteiger partial charge in [-0.05, 0) is 25.0 Å². The highest BCUT2D eigenvalue weighted by Crippen LogP contribution is 1.98. The Morgan fingerprint density at radius 1 is 1.07 bits per heavy atom. The van der Waals surface area contributed by atoms with Crippen LogP contribution < -0.4 is 0 Å². The number of hydrogen-bond acceptors (Lipinski definition) is 3. The van der Waals surface area contributed by atoms with Gasteiger partial charge in [0.2, 0.25) is 5.96 Å². The number of nitrogens with zero attached hydrogens (tertiary/aromatic N) is 4. The maximum Gasteiger partial charge on any atom is 0.244 e. The van der Waals surface area contributed by atoms with Crippen LogP contribution in [0.3, 0.4) is 0 Å².